The van der Waals surface area contributed by atoms with Gasteiger partial charge in [-0.15, -0.1) is 5.10 Å². The van der Waals surface area contributed by atoms with Crippen LogP contribution >= 0.6 is 11.6 Å². The van der Waals surface area contributed by atoms with E-state index >= 15 is 0 Å². The Labute approximate surface area is 174 Å². The van der Waals surface area contributed by atoms with Gasteiger partial charge in [0.15, 0.2) is 0 Å². The van der Waals surface area contributed by atoms with Crippen molar-refractivity contribution in [2.24, 2.45) is 0 Å². The molecular weight excluding hydrogens is 414 g/mol. The third-order valence-corrected chi connectivity index (χ3v) is 6.65. The smallest absolute Gasteiger partial charge is 0.242 e. The number of carbonyl (C=O) groups excluding carboxylic acids is 1. The number of amides is 1. The molecule has 0 saturated carbocycles. The van der Waals surface area contributed by atoms with E-state index in [1.54, 1.807) is 16.8 Å². The van der Waals surface area contributed by atoms with Crippen LogP contribution in [0.1, 0.15) is 18.4 Å². The molecule has 2 aromatic carbocycles. The molecule has 29 heavy (non-hydrogen) atoms. The van der Waals surface area contributed by atoms with Gasteiger partial charge >= 0.3 is 0 Å². The molecule has 0 radical (unpaired) electrons. The van der Waals surface area contributed by atoms with E-state index in [1.807, 2.05) is 18.2 Å². The molecule has 0 saturated heterocycles. The monoisotopic (exact) mass is 435 g/mol. The van der Waals surface area contributed by atoms with Crippen molar-refractivity contribution < 1.29 is 13.2 Å². The zero-order chi connectivity index (χ0) is 21.0. The van der Waals surface area contributed by atoms with Crippen molar-refractivity contribution in [1.82, 2.24) is 24.6 Å². The molecule has 10 heteroatoms. The minimum atomic E-state index is -3.53. The van der Waals surface area contributed by atoms with Crippen molar-refractivity contribution in [3.05, 3.63) is 53.1 Å². The van der Waals surface area contributed by atoms with Crippen LogP contribution in [-0.4, -0.2) is 47.7 Å². The number of nitrogens with one attached hydrogen (secondary N) is 1. The molecule has 3 rings (SSSR count). The second-order valence-electron chi connectivity index (χ2n) is 6.72. The molecule has 8 nitrogen and oxygen atoms in total. The second kappa shape index (κ2) is 8.89. The van der Waals surface area contributed by atoms with Gasteiger partial charge in [0.2, 0.25) is 15.9 Å². The van der Waals surface area contributed by atoms with Crippen molar-refractivity contribution in [1.29, 1.82) is 0 Å². The summed E-state index contributed by atoms with van der Waals surface area (Å²) in [7, 11) is -0.567. The number of rotatable bonds is 8. The Morgan fingerprint density at radius 2 is 1.97 bits per heavy atom. The van der Waals surface area contributed by atoms with E-state index in [9.17, 15) is 13.2 Å². The first-order valence-electron chi connectivity index (χ1n) is 9.05. The normalized spacial score (nSPS) is 11.9. The minimum absolute atomic E-state index is 0.0753. The third-order valence-electron chi connectivity index (χ3n) is 4.47. The molecule has 1 heterocycles. The molecule has 0 fully saturated rings. The van der Waals surface area contributed by atoms with E-state index in [4.69, 9.17) is 11.6 Å². The van der Waals surface area contributed by atoms with Gasteiger partial charge < -0.3 is 5.32 Å². The summed E-state index contributed by atoms with van der Waals surface area (Å²) in [5.41, 5.74) is 2.09. The lowest BCUT2D eigenvalue weighted by molar-refractivity contribution is -0.121. The van der Waals surface area contributed by atoms with Crippen LogP contribution in [0.2, 0.25) is 5.02 Å². The van der Waals surface area contributed by atoms with Gasteiger partial charge in [0.25, 0.3) is 0 Å². The molecule has 0 aliphatic carbocycles. The molecule has 0 unspecified atom stereocenters. The Hall–Kier alpha value is -2.49. The Kier molecular flexibility index (Phi) is 6.51. The van der Waals surface area contributed by atoms with E-state index in [1.165, 1.54) is 26.2 Å². The van der Waals surface area contributed by atoms with E-state index in [0.717, 1.165) is 15.4 Å². The highest BCUT2D eigenvalue weighted by molar-refractivity contribution is 7.89. The van der Waals surface area contributed by atoms with Crippen LogP contribution in [-0.2, 0) is 27.9 Å². The number of carbonyl (C=O) groups is 1. The standard InChI is InChI=1S/C19H22ClN5O3S/c1-24(2)29(27,28)15-9-10-18-17(12-15)22-23-25(18)11-5-8-19(26)21-13-14-6-3-4-7-16(14)20/h3-4,6-7,9-10,12H,5,8,11,13H2,1-2H3,(H,21,26). The van der Waals surface area contributed by atoms with Crippen molar-refractivity contribution in [2.75, 3.05) is 14.1 Å². The van der Waals surface area contributed by atoms with E-state index in [2.05, 4.69) is 15.6 Å². The maximum absolute atomic E-state index is 12.2. The second-order valence-corrected chi connectivity index (χ2v) is 9.28. The number of benzene rings is 2. The third kappa shape index (κ3) is 4.92. The zero-order valence-electron chi connectivity index (χ0n) is 16.2. The summed E-state index contributed by atoms with van der Waals surface area (Å²) in [6.45, 7) is 0.879. The van der Waals surface area contributed by atoms with E-state index in [-0.39, 0.29) is 10.8 Å². The summed E-state index contributed by atoms with van der Waals surface area (Å²) < 4.78 is 27.3. The summed E-state index contributed by atoms with van der Waals surface area (Å²) >= 11 is 6.08. The maximum atomic E-state index is 12.2. The van der Waals surface area contributed by atoms with Gasteiger partial charge in [-0.1, -0.05) is 35.0 Å². The molecular formula is C19H22ClN5O3S. The number of fused-ring (bicyclic) bond motifs is 1. The number of sulfonamides is 1. The Bertz CT molecular complexity index is 1130. The lowest BCUT2D eigenvalue weighted by atomic mass is 10.2. The van der Waals surface area contributed by atoms with Gasteiger partial charge in [-0.3, -0.25) is 4.79 Å². The van der Waals surface area contributed by atoms with Gasteiger partial charge in [0.1, 0.15) is 5.52 Å². The van der Waals surface area contributed by atoms with Crippen LogP contribution in [0.5, 0.6) is 0 Å². The van der Waals surface area contributed by atoms with Crippen molar-refractivity contribution in [3.8, 4) is 0 Å². The highest BCUT2D eigenvalue weighted by Crippen LogP contribution is 2.19. The predicted octanol–water partition coefficient (Wildman–Crippen LogP) is 2.43. The zero-order valence-corrected chi connectivity index (χ0v) is 17.7. The molecule has 1 N–H and O–H groups in total. The highest BCUT2D eigenvalue weighted by Gasteiger charge is 2.18. The number of hydrogen-bond acceptors (Lipinski definition) is 5. The fourth-order valence-electron chi connectivity index (χ4n) is 2.80. The molecule has 0 aliphatic rings. The summed E-state index contributed by atoms with van der Waals surface area (Å²) in [5.74, 6) is -0.0753. The molecule has 0 bridgehead atoms. The summed E-state index contributed by atoms with van der Waals surface area (Å²) in [6.07, 6.45) is 0.906. The lowest BCUT2D eigenvalue weighted by Gasteiger charge is -2.11. The molecule has 3 aromatic rings. The van der Waals surface area contributed by atoms with Crippen molar-refractivity contribution in [2.45, 2.75) is 30.8 Å². The fourth-order valence-corrected chi connectivity index (χ4v) is 3.93. The fraction of sp³-hybridized carbons (Fsp3) is 0.316. The van der Waals surface area contributed by atoms with Crippen LogP contribution in [0.4, 0.5) is 0 Å². The number of aromatic nitrogens is 3. The first-order valence-corrected chi connectivity index (χ1v) is 10.9. The molecule has 1 aromatic heterocycles. The number of nitrogens with zero attached hydrogens (tertiary/aromatic N) is 4. The predicted molar refractivity (Wildman–Crippen MR) is 111 cm³/mol. The summed E-state index contributed by atoms with van der Waals surface area (Å²) in [4.78, 5) is 12.2. The number of aryl methyl sites for hydroxylation is 1. The Morgan fingerprint density at radius 3 is 2.69 bits per heavy atom. The van der Waals surface area contributed by atoms with Crippen LogP contribution in [0.3, 0.4) is 0 Å². The van der Waals surface area contributed by atoms with Gasteiger partial charge in [-0.25, -0.2) is 17.4 Å². The van der Waals surface area contributed by atoms with Crippen LogP contribution in [0.15, 0.2) is 47.4 Å². The van der Waals surface area contributed by atoms with Gasteiger partial charge in [0, 0.05) is 38.6 Å². The average Bonchev–Trinajstić information content (AvgIpc) is 3.09. The maximum Gasteiger partial charge on any atom is 0.242 e. The SMILES string of the molecule is CN(C)S(=O)(=O)c1ccc2c(c1)nnn2CCCC(=O)NCc1ccccc1Cl. The highest BCUT2D eigenvalue weighted by atomic mass is 35.5. The quantitative estimate of drug-likeness (QED) is 0.586. The van der Waals surface area contributed by atoms with E-state index < -0.39 is 10.0 Å². The van der Waals surface area contributed by atoms with Gasteiger partial charge in [-0.2, -0.15) is 0 Å². The van der Waals surface area contributed by atoms with Gasteiger partial charge in [-0.05, 0) is 36.2 Å². The number of halogens is 1. The molecule has 1 amide bonds. The van der Waals surface area contributed by atoms with Crippen molar-refractivity contribution in [3.63, 3.8) is 0 Å². The van der Waals surface area contributed by atoms with Gasteiger partial charge in [0.05, 0.1) is 10.4 Å². The van der Waals surface area contributed by atoms with Crippen LogP contribution in [0, 0.1) is 0 Å². The largest absolute Gasteiger partial charge is 0.352 e. The average molecular weight is 436 g/mol. The Morgan fingerprint density at radius 1 is 1.21 bits per heavy atom. The van der Waals surface area contributed by atoms with Crippen LogP contribution in [0.25, 0.3) is 11.0 Å². The van der Waals surface area contributed by atoms with Crippen LogP contribution < -0.4 is 5.32 Å². The first kappa shape index (κ1) is 21.2. The molecule has 0 atom stereocenters. The molecule has 0 aliphatic heterocycles. The minimum Gasteiger partial charge on any atom is -0.352 e. The molecule has 154 valence electrons. The van der Waals surface area contributed by atoms with Crippen molar-refractivity contribution >= 4 is 38.6 Å². The van der Waals surface area contributed by atoms with E-state index in [0.29, 0.717) is 36.5 Å². The first-order chi connectivity index (χ1) is 13.8. The Balaban J connectivity index is 1.57. The topological polar surface area (TPSA) is 97.2 Å². The summed E-state index contributed by atoms with van der Waals surface area (Å²) in [5, 5.41) is 11.6. The summed E-state index contributed by atoms with van der Waals surface area (Å²) in [6, 6.07) is 12.1. The molecule has 0 spiro atoms. The number of hydrogen-bond donors (Lipinski definition) is 1. The lowest BCUT2D eigenvalue weighted by Crippen LogP contribution is -2.23.